The van der Waals surface area contributed by atoms with E-state index in [1.165, 1.54) is 0 Å². The topological polar surface area (TPSA) is 98.0 Å². The van der Waals surface area contributed by atoms with E-state index in [9.17, 15) is 5.11 Å². The molecule has 0 saturated carbocycles. The SMILES string of the molecule is CC(C)n1c(CO)nc2cnc(Nc3ccnc(C4=CCOCC4)n3)cc21. The van der Waals surface area contributed by atoms with Crippen molar-refractivity contribution in [1.29, 1.82) is 0 Å². The fourth-order valence-electron chi connectivity index (χ4n) is 3.25. The minimum atomic E-state index is -0.107. The standard InChI is InChI=1S/C19H22N6O2/c1-12(2)25-15-9-17(21-10-14(15)22-18(25)11-26)23-16-3-6-20-19(24-16)13-4-7-27-8-5-13/h3-4,6,9-10,12,26H,5,7-8,11H2,1-2H3,(H,20,21,23,24). The van der Waals surface area contributed by atoms with Crippen LogP contribution in [0.5, 0.6) is 0 Å². The molecule has 3 aromatic heterocycles. The fourth-order valence-corrected chi connectivity index (χ4v) is 3.25. The molecule has 1 aliphatic rings. The first-order chi connectivity index (χ1) is 13.2. The molecule has 8 heteroatoms. The van der Waals surface area contributed by atoms with Gasteiger partial charge in [-0.15, -0.1) is 0 Å². The van der Waals surface area contributed by atoms with Gasteiger partial charge in [-0.05, 0) is 31.9 Å². The molecule has 27 heavy (non-hydrogen) atoms. The number of hydrogen-bond acceptors (Lipinski definition) is 7. The van der Waals surface area contributed by atoms with Crippen LogP contribution in [0.3, 0.4) is 0 Å². The number of imidazole rings is 1. The zero-order valence-corrected chi connectivity index (χ0v) is 15.4. The number of anilines is 2. The Kier molecular flexibility index (Phi) is 4.83. The molecule has 0 fully saturated rings. The molecule has 4 rings (SSSR count). The van der Waals surface area contributed by atoms with Gasteiger partial charge in [-0.25, -0.2) is 19.9 Å². The average molecular weight is 366 g/mol. The largest absolute Gasteiger partial charge is 0.388 e. The summed E-state index contributed by atoms with van der Waals surface area (Å²) in [5.41, 5.74) is 2.78. The molecule has 0 amide bonds. The van der Waals surface area contributed by atoms with Crippen LogP contribution >= 0.6 is 0 Å². The number of rotatable bonds is 5. The maximum Gasteiger partial charge on any atom is 0.157 e. The third kappa shape index (κ3) is 3.54. The molecular weight excluding hydrogens is 344 g/mol. The van der Waals surface area contributed by atoms with E-state index >= 15 is 0 Å². The second-order valence-corrected chi connectivity index (χ2v) is 6.65. The molecule has 1 aliphatic heterocycles. The summed E-state index contributed by atoms with van der Waals surface area (Å²) in [6, 6.07) is 3.92. The Morgan fingerprint density at radius 2 is 2.15 bits per heavy atom. The summed E-state index contributed by atoms with van der Waals surface area (Å²) in [5, 5.41) is 12.8. The van der Waals surface area contributed by atoms with Crippen molar-refractivity contribution in [3.63, 3.8) is 0 Å². The first-order valence-corrected chi connectivity index (χ1v) is 9.00. The Balaban J connectivity index is 1.65. The predicted octanol–water partition coefficient (Wildman–Crippen LogP) is 2.84. The summed E-state index contributed by atoms with van der Waals surface area (Å²) >= 11 is 0. The molecule has 0 saturated heterocycles. The van der Waals surface area contributed by atoms with Gasteiger partial charge < -0.3 is 19.7 Å². The van der Waals surface area contributed by atoms with E-state index in [0.717, 1.165) is 23.0 Å². The number of aliphatic hydroxyl groups is 1. The van der Waals surface area contributed by atoms with Gasteiger partial charge in [0.1, 0.15) is 29.6 Å². The number of ether oxygens (including phenoxy) is 1. The zero-order chi connectivity index (χ0) is 18.8. The smallest absolute Gasteiger partial charge is 0.157 e. The summed E-state index contributed by atoms with van der Waals surface area (Å²) in [6.07, 6.45) is 6.27. The Bertz CT molecular complexity index is 995. The van der Waals surface area contributed by atoms with Crippen molar-refractivity contribution in [2.45, 2.75) is 32.9 Å². The fraction of sp³-hybridized carbons (Fsp3) is 0.368. The van der Waals surface area contributed by atoms with Crippen molar-refractivity contribution in [2.75, 3.05) is 18.5 Å². The van der Waals surface area contributed by atoms with Crippen LogP contribution in [-0.2, 0) is 11.3 Å². The lowest BCUT2D eigenvalue weighted by Crippen LogP contribution is -2.07. The van der Waals surface area contributed by atoms with Crippen LogP contribution in [0.25, 0.3) is 16.6 Å². The minimum absolute atomic E-state index is 0.107. The predicted molar refractivity (Wildman–Crippen MR) is 103 cm³/mol. The second-order valence-electron chi connectivity index (χ2n) is 6.65. The van der Waals surface area contributed by atoms with E-state index in [4.69, 9.17) is 4.74 Å². The van der Waals surface area contributed by atoms with Crippen LogP contribution in [0.4, 0.5) is 11.6 Å². The molecule has 0 bridgehead atoms. The maximum absolute atomic E-state index is 9.58. The number of nitrogens with one attached hydrogen (secondary N) is 1. The van der Waals surface area contributed by atoms with Gasteiger partial charge >= 0.3 is 0 Å². The van der Waals surface area contributed by atoms with E-state index in [0.29, 0.717) is 36.5 Å². The summed E-state index contributed by atoms with van der Waals surface area (Å²) in [7, 11) is 0. The molecule has 0 aliphatic carbocycles. The molecule has 0 atom stereocenters. The number of hydrogen-bond donors (Lipinski definition) is 2. The van der Waals surface area contributed by atoms with E-state index < -0.39 is 0 Å². The van der Waals surface area contributed by atoms with Gasteiger partial charge in [0.25, 0.3) is 0 Å². The van der Waals surface area contributed by atoms with Crippen molar-refractivity contribution < 1.29 is 9.84 Å². The molecule has 2 N–H and O–H groups in total. The highest BCUT2D eigenvalue weighted by Crippen LogP contribution is 2.25. The Morgan fingerprint density at radius 1 is 1.26 bits per heavy atom. The van der Waals surface area contributed by atoms with Crippen LogP contribution in [-0.4, -0.2) is 42.8 Å². The molecule has 0 spiro atoms. The van der Waals surface area contributed by atoms with E-state index in [1.807, 2.05) is 22.8 Å². The van der Waals surface area contributed by atoms with Crippen molar-refractivity contribution in [2.24, 2.45) is 0 Å². The number of nitrogens with zero attached hydrogens (tertiary/aromatic N) is 5. The molecule has 4 heterocycles. The lowest BCUT2D eigenvalue weighted by atomic mass is 10.1. The van der Waals surface area contributed by atoms with Gasteiger partial charge in [0.05, 0.1) is 24.9 Å². The Hall–Kier alpha value is -2.84. The lowest BCUT2D eigenvalue weighted by molar-refractivity contribution is 0.161. The van der Waals surface area contributed by atoms with Gasteiger partial charge in [-0.3, -0.25) is 0 Å². The summed E-state index contributed by atoms with van der Waals surface area (Å²) in [6.45, 7) is 5.31. The monoisotopic (exact) mass is 366 g/mol. The minimum Gasteiger partial charge on any atom is -0.388 e. The normalized spacial score (nSPS) is 14.6. The molecule has 0 radical (unpaired) electrons. The van der Waals surface area contributed by atoms with E-state index in [2.05, 4.69) is 39.1 Å². The first-order valence-electron chi connectivity index (χ1n) is 9.00. The number of fused-ring (bicyclic) bond motifs is 1. The van der Waals surface area contributed by atoms with Crippen molar-refractivity contribution in [1.82, 2.24) is 24.5 Å². The highest BCUT2D eigenvalue weighted by Gasteiger charge is 2.14. The van der Waals surface area contributed by atoms with Crippen molar-refractivity contribution in [3.8, 4) is 0 Å². The van der Waals surface area contributed by atoms with Crippen molar-refractivity contribution >= 4 is 28.2 Å². The van der Waals surface area contributed by atoms with E-state index in [-0.39, 0.29) is 12.6 Å². The zero-order valence-electron chi connectivity index (χ0n) is 15.4. The number of aliphatic hydroxyl groups excluding tert-OH is 1. The van der Waals surface area contributed by atoms with Gasteiger partial charge in [0.2, 0.25) is 0 Å². The van der Waals surface area contributed by atoms with Crippen LogP contribution in [0.15, 0.2) is 30.6 Å². The van der Waals surface area contributed by atoms with E-state index in [1.54, 1.807) is 12.4 Å². The van der Waals surface area contributed by atoms with Crippen LogP contribution < -0.4 is 5.32 Å². The third-order valence-corrected chi connectivity index (χ3v) is 4.47. The third-order valence-electron chi connectivity index (χ3n) is 4.47. The molecule has 3 aromatic rings. The Labute approximate surface area is 157 Å². The first kappa shape index (κ1) is 17.6. The van der Waals surface area contributed by atoms with Crippen LogP contribution in [0, 0.1) is 0 Å². The molecule has 140 valence electrons. The quantitative estimate of drug-likeness (QED) is 0.716. The van der Waals surface area contributed by atoms with Crippen molar-refractivity contribution in [3.05, 3.63) is 42.3 Å². The summed E-state index contributed by atoms with van der Waals surface area (Å²) in [5.74, 6) is 2.69. The summed E-state index contributed by atoms with van der Waals surface area (Å²) < 4.78 is 7.36. The second kappa shape index (κ2) is 7.42. The van der Waals surface area contributed by atoms with Crippen LogP contribution in [0.2, 0.25) is 0 Å². The average Bonchev–Trinajstić information content (AvgIpc) is 3.07. The maximum atomic E-state index is 9.58. The highest BCUT2D eigenvalue weighted by molar-refractivity contribution is 5.79. The molecule has 8 nitrogen and oxygen atoms in total. The van der Waals surface area contributed by atoms with Gasteiger partial charge in [0, 0.05) is 18.3 Å². The van der Waals surface area contributed by atoms with Gasteiger partial charge in [-0.2, -0.15) is 0 Å². The van der Waals surface area contributed by atoms with Crippen LogP contribution in [0.1, 0.15) is 38.0 Å². The lowest BCUT2D eigenvalue weighted by Gasteiger charge is -2.13. The number of pyridine rings is 1. The van der Waals surface area contributed by atoms with Gasteiger partial charge in [-0.1, -0.05) is 6.08 Å². The Morgan fingerprint density at radius 3 is 2.89 bits per heavy atom. The highest BCUT2D eigenvalue weighted by atomic mass is 16.5. The molecule has 0 aromatic carbocycles. The summed E-state index contributed by atoms with van der Waals surface area (Å²) in [4.78, 5) is 17.9. The molecular formula is C19H22N6O2. The number of aromatic nitrogens is 5. The molecule has 0 unspecified atom stereocenters. The van der Waals surface area contributed by atoms with Gasteiger partial charge in [0.15, 0.2) is 5.82 Å².